The molecule has 1 fully saturated rings. The van der Waals surface area contributed by atoms with Gasteiger partial charge in [-0.05, 0) is 61.9 Å². The second-order valence-corrected chi connectivity index (χ2v) is 9.82. The molecule has 210 valence electrons. The normalized spacial score (nSPS) is 23.3. The fourth-order valence-corrected chi connectivity index (χ4v) is 5.17. The number of alkyl halides is 6. The van der Waals surface area contributed by atoms with Gasteiger partial charge in [-0.2, -0.15) is 31.4 Å². The van der Waals surface area contributed by atoms with Crippen LogP contribution in [0.2, 0.25) is 0 Å². The molecule has 1 aliphatic carbocycles. The molecular weight excluding hydrogens is 530 g/mol. The maximum absolute atomic E-state index is 13.4. The Morgan fingerprint density at radius 3 is 2.13 bits per heavy atom. The van der Waals surface area contributed by atoms with Crippen LogP contribution in [-0.4, -0.2) is 32.8 Å². The van der Waals surface area contributed by atoms with Gasteiger partial charge >= 0.3 is 18.0 Å². The molecule has 1 aliphatic rings. The lowest BCUT2D eigenvalue weighted by molar-refractivity contribution is -0.143. The van der Waals surface area contributed by atoms with E-state index in [2.05, 4.69) is 15.4 Å². The minimum absolute atomic E-state index is 0.0115. The predicted molar refractivity (Wildman–Crippen MR) is 129 cm³/mol. The van der Waals surface area contributed by atoms with E-state index in [4.69, 9.17) is 4.74 Å². The molecule has 0 spiro atoms. The van der Waals surface area contributed by atoms with Gasteiger partial charge in [-0.25, -0.2) is 9.89 Å². The van der Waals surface area contributed by atoms with Crippen molar-refractivity contribution in [1.29, 1.82) is 0 Å². The zero-order chi connectivity index (χ0) is 28.5. The van der Waals surface area contributed by atoms with Crippen molar-refractivity contribution in [3.05, 3.63) is 87.6 Å². The molecule has 39 heavy (non-hydrogen) atoms. The molecular formula is C26H26F6N4O3. The van der Waals surface area contributed by atoms with E-state index < -0.39 is 46.2 Å². The van der Waals surface area contributed by atoms with Crippen LogP contribution in [0.25, 0.3) is 0 Å². The molecule has 1 aromatic heterocycles. The summed E-state index contributed by atoms with van der Waals surface area (Å²) in [5.74, 6) is 0. The zero-order valence-electron chi connectivity index (χ0n) is 20.8. The van der Waals surface area contributed by atoms with Gasteiger partial charge in [0, 0.05) is 5.41 Å². The molecule has 2 aromatic carbocycles. The molecule has 2 N–H and O–H groups in total. The zero-order valence-corrected chi connectivity index (χ0v) is 20.8. The maximum Gasteiger partial charge on any atom is 0.416 e. The molecule has 1 saturated carbocycles. The van der Waals surface area contributed by atoms with Crippen LogP contribution >= 0.6 is 0 Å². The van der Waals surface area contributed by atoms with E-state index in [-0.39, 0.29) is 18.2 Å². The molecule has 1 atom stereocenters. The molecule has 0 amide bonds. The number of rotatable bonds is 7. The first-order valence-electron chi connectivity index (χ1n) is 12.1. The molecule has 7 nitrogen and oxygen atoms in total. The Morgan fingerprint density at radius 1 is 1.05 bits per heavy atom. The third-order valence-electron chi connectivity index (χ3n) is 7.48. The Morgan fingerprint density at radius 2 is 1.64 bits per heavy atom. The number of halogens is 6. The lowest BCUT2D eigenvalue weighted by Crippen LogP contribution is -2.49. The number of nitrogens with one attached hydrogen (secondary N) is 1. The number of hydrogen-bond acceptors (Lipinski definition) is 5. The Bertz CT molecular complexity index is 1320. The summed E-state index contributed by atoms with van der Waals surface area (Å²) in [5, 5.41) is 18.6. The van der Waals surface area contributed by atoms with Crippen LogP contribution in [0, 0.1) is 0 Å². The van der Waals surface area contributed by atoms with Gasteiger partial charge in [0.25, 0.3) is 0 Å². The van der Waals surface area contributed by atoms with Crippen molar-refractivity contribution >= 4 is 6.21 Å². The quantitative estimate of drug-likeness (QED) is 0.160. The average molecular weight is 557 g/mol. The first-order valence-corrected chi connectivity index (χ1v) is 12.1. The fraction of sp³-hybridized carbons (Fsp3) is 0.423. The van der Waals surface area contributed by atoms with Crippen LogP contribution in [-0.2, 0) is 28.0 Å². The van der Waals surface area contributed by atoms with Gasteiger partial charge in [0.15, 0.2) is 0 Å². The Labute approximate surface area is 219 Å². The van der Waals surface area contributed by atoms with Gasteiger partial charge in [-0.1, -0.05) is 35.5 Å². The SMILES string of the molecule is C[C@@H](OCC1(c2ccccc2)CCC(/C=N/O)(n2cn[nH]c2=O)CC1)c1cc(C(F)(F)F)cc(C(F)(F)F)c1. The Balaban J connectivity index is 1.64. The van der Waals surface area contributed by atoms with Crippen molar-refractivity contribution in [2.75, 3.05) is 6.61 Å². The molecule has 0 saturated heterocycles. The summed E-state index contributed by atoms with van der Waals surface area (Å²) in [6.45, 7) is 1.40. The van der Waals surface area contributed by atoms with Crippen molar-refractivity contribution < 1.29 is 36.3 Å². The third kappa shape index (κ3) is 5.87. The highest BCUT2D eigenvalue weighted by molar-refractivity contribution is 5.67. The summed E-state index contributed by atoms with van der Waals surface area (Å²) in [4.78, 5) is 12.3. The summed E-state index contributed by atoms with van der Waals surface area (Å²) >= 11 is 0. The smallest absolute Gasteiger partial charge is 0.411 e. The number of aromatic amines is 1. The summed E-state index contributed by atoms with van der Waals surface area (Å²) in [5.41, 5.74) is -4.34. The van der Waals surface area contributed by atoms with Gasteiger partial charge in [0.05, 0.1) is 35.6 Å². The van der Waals surface area contributed by atoms with Crippen molar-refractivity contribution in [2.45, 2.75) is 62.0 Å². The first-order chi connectivity index (χ1) is 18.3. The van der Waals surface area contributed by atoms with Crippen molar-refractivity contribution in [3.8, 4) is 0 Å². The van der Waals surface area contributed by atoms with Crippen molar-refractivity contribution in [1.82, 2.24) is 14.8 Å². The molecule has 1 heterocycles. The Kier molecular flexibility index (Phi) is 7.66. The number of nitrogens with zero attached hydrogens (tertiary/aromatic N) is 3. The van der Waals surface area contributed by atoms with Gasteiger partial charge in [-0.3, -0.25) is 4.57 Å². The van der Waals surface area contributed by atoms with E-state index in [9.17, 15) is 36.3 Å². The molecule has 0 aliphatic heterocycles. The van der Waals surface area contributed by atoms with Crippen LogP contribution in [0.3, 0.4) is 0 Å². The topological polar surface area (TPSA) is 92.5 Å². The number of ether oxygens (including phenoxy) is 1. The molecule has 3 aromatic rings. The minimum Gasteiger partial charge on any atom is -0.411 e. The van der Waals surface area contributed by atoms with Crippen LogP contribution in [0.5, 0.6) is 0 Å². The monoisotopic (exact) mass is 556 g/mol. The van der Waals surface area contributed by atoms with E-state index >= 15 is 0 Å². The standard InChI is InChI=1S/C26H26F6N4O3/c1-17(18-11-20(25(27,28)29)13-21(12-18)26(30,31)32)39-15-23(19-5-3-2-4-6-19)7-9-24(10-8-23,14-34-38)36-16-33-35-22(36)37/h2-6,11-14,16-17,38H,7-10,15H2,1H3,(H,35,37)/b34-14+/t17-,23?,24?/m1/s1. The number of H-pyrrole nitrogens is 1. The summed E-state index contributed by atoms with van der Waals surface area (Å²) < 4.78 is 87.6. The molecule has 0 bridgehead atoms. The highest BCUT2D eigenvalue weighted by atomic mass is 19.4. The lowest BCUT2D eigenvalue weighted by atomic mass is 9.64. The molecule has 13 heteroatoms. The average Bonchev–Trinajstić information content (AvgIpc) is 3.34. The Hall–Kier alpha value is -3.61. The maximum atomic E-state index is 13.4. The number of benzene rings is 2. The van der Waals surface area contributed by atoms with Crippen LogP contribution in [0.4, 0.5) is 26.3 Å². The van der Waals surface area contributed by atoms with E-state index in [0.29, 0.717) is 37.8 Å². The first kappa shape index (κ1) is 28.4. The summed E-state index contributed by atoms with van der Waals surface area (Å²) in [6.07, 6.45) is -6.98. The predicted octanol–water partition coefficient (Wildman–Crippen LogP) is 6.05. The van der Waals surface area contributed by atoms with Gasteiger partial charge < -0.3 is 9.94 Å². The van der Waals surface area contributed by atoms with E-state index in [1.54, 1.807) is 0 Å². The minimum atomic E-state index is -4.97. The molecule has 0 radical (unpaired) electrons. The fourth-order valence-electron chi connectivity index (χ4n) is 5.17. The molecule has 4 rings (SSSR count). The van der Waals surface area contributed by atoms with Crippen LogP contribution < -0.4 is 5.69 Å². The van der Waals surface area contributed by atoms with Crippen molar-refractivity contribution in [3.63, 3.8) is 0 Å². The highest BCUT2D eigenvalue weighted by Crippen LogP contribution is 2.46. The van der Waals surface area contributed by atoms with E-state index in [1.165, 1.54) is 24.0 Å². The summed E-state index contributed by atoms with van der Waals surface area (Å²) in [7, 11) is 0. The highest BCUT2D eigenvalue weighted by Gasteiger charge is 2.46. The second kappa shape index (κ2) is 10.5. The number of aromatic nitrogens is 3. The number of hydrogen-bond donors (Lipinski definition) is 2. The van der Waals surface area contributed by atoms with Gasteiger partial charge in [-0.15, -0.1) is 0 Å². The summed E-state index contributed by atoms with van der Waals surface area (Å²) in [6, 6.07) is 10.6. The van der Waals surface area contributed by atoms with Crippen molar-refractivity contribution in [2.24, 2.45) is 5.16 Å². The van der Waals surface area contributed by atoms with E-state index in [0.717, 1.165) is 5.56 Å². The number of oxime groups is 1. The third-order valence-corrected chi connectivity index (χ3v) is 7.48. The van der Waals surface area contributed by atoms with Crippen LogP contribution in [0.1, 0.15) is 61.0 Å². The lowest BCUT2D eigenvalue weighted by Gasteiger charge is -2.45. The van der Waals surface area contributed by atoms with Gasteiger partial charge in [0.1, 0.15) is 6.33 Å². The second-order valence-electron chi connectivity index (χ2n) is 9.82. The van der Waals surface area contributed by atoms with Crippen LogP contribution in [0.15, 0.2) is 64.8 Å². The van der Waals surface area contributed by atoms with E-state index in [1.807, 2.05) is 30.3 Å². The van der Waals surface area contributed by atoms with Gasteiger partial charge in [0.2, 0.25) is 0 Å². The largest absolute Gasteiger partial charge is 0.416 e. The molecule has 0 unspecified atom stereocenters.